The lowest BCUT2D eigenvalue weighted by Gasteiger charge is -2.29. The summed E-state index contributed by atoms with van der Waals surface area (Å²) in [5, 5.41) is 0. The van der Waals surface area contributed by atoms with E-state index >= 15 is 0 Å². The molecule has 0 fully saturated rings. The summed E-state index contributed by atoms with van der Waals surface area (Å²) < 4.78 is 7.31. The molecular weight excluding hydrogens is 478 g/mol. The Kier molecular flexibility index (Phi) is 8.87. The second kappa shape index (κ2) is 12.1. The Morgan fingerprint density at radius 2 is 1.66 bits per heavy atom. The van der Waals surface area contributed by atoms with Crippen LogP contribution in [0.25, 0.3) is 16.9 Å². The monoisotopic (exact) mass is 511 g/mol. The predicted octanol–water partition coefficient (Wildman–Crippen LogP) is 5.57. The Bertz CT molecular complexity index is 1390. The molecule has 0 saturated carbocycles. The first kappa shape index (κ1) is 27.9. The summed E-state index contributed by atoms with van der Waals surface area (Å²) in [5.74, 6) is -0.177. The Labute approximate surface area is 223 Å². The van der Waals surface area contributed by atoms with E-state index in [0.717, 1.165) is 27.5 Å². The molecule has 4 aromatic rings. The summed E-state index contributed by atoms with van der Waals surface area (Å²) in [7, 11) is 1.50. The van der Waals surface area contributed by atoms with Crippen molar-refractivity contribution in [3.63, 3.8) is 0 Å². The minimum absolute atomic E-state index is 0.289. The van der Waals surface area contributed by atoms with Gasteiger partial charge in [-0.2, -0.15) is 0 Å². The number of benzene rings is 1. The molecule has 4 rings (SSSR count). The van der Waals surface area contributed by atoms with E-state index in [2.05, 4.69) is 16.0 Å². The molecule has 2 amide bonds. The highest BCUT2D eigenvalue weighted by Gasteiger charge is 2.30. The summed E-state index contributed by atoms with van der Waals surface area (Å²) >= 11 is 0. The van der Waals surface area contributed by atoms with E-state index in [9.17, 15) is 9.59 Å². The highest BCUT2D eigenvalue weighted by atomic mass is 16.6. The number of ether oxygens (including phenoxy) is 1. The van der Waals surface area contributed by atoms with Gasteiger partial charge in [0.2, 0.25) is 0 Å². The number of anilines is 1. The molecule has 3 aromatic heterocycles. The van der Waals surface area contributed by atoms with Crippen molar-refractivity contribution in [3.8, 4) is 23.7 Å². The normalized spacial score (nSPS) is 11.5. The number of pyridine rings is 2. The first-order valence-corrected chi connectivity index (χ1v) is 12.2. The molecule has 3 heterocycles. The number of aryl methyl sites for hydroxylation is 1. The third kappa shape index (κ3) is 6.77. The number of amides is 2. The van der Waals surface area contributed by atoms with Crippen LogP contribution in [0.15, 0.2) is 79.1 Å². The second-order valence-corrected chi connectivity index (χ2v) is 9.60. The third-order valence-electron chi connectivity index (χ3n) is 5.59. The van der Waals surface area contributed by atoms with Gasteiger partial charge in [-0.05, 0) is 58.9 Å². The summed E-state index contributed by atoms with van der Waals surface area (Å²) in [6, 6.07) is 22.8. The zero-order chi connectivity index (χ0) is 27.9. The van der Waals surface area contributed by atoms with Crippen LogP contribution in [0.4, 0.5) is 10.6 Å². The van der Waals surface area contributed by atoms with Gasteiger partial charge in [-0.3, -0.25) is 14.1 Å². The van der Waals surface area contributed by atoms with Crippen LogP contribution in [0.1, 0.15) is 33.4 Å². The summed E-state index contributed by atoms with van der Waals surface area (Å²) in [6.07, 6.45) is 8.60. The number of likely N-dealkylation sites (N-methyl/N-ethyl adjacent to an activating group) is 1. The predicted molar refractivity (Wildman–Crippen MR) is 149 cm³/mol. The topological polar surface area (TPSA) is 80.0 Å². The van der Waals surface area contributed by atoms with Crippen molar-refractivity contribution in [2.24, 2.45) is 0 Å². The van der Waals surface area contributed by atoms with Crippen molar-refractivity contribution in [2.45, 2.75) is 46.3 Å². The molecule has 0 aliphatic rings. The molecule has 1 aromatic carbocycles. The van der Waals surface area contributed by atoms with Crippen molar-refractivity contribution in [1.29, 1.82) is 0 Å². The molecule has 0 radical (unpaired) electrons. The van der Waals surface area contributed by atoms with Crippen LogP contribution in [0.5, 0.6) is 0 Å². The van der Waals surface area contributed by atoms with Gasteiger partial charge in [0.05, 0.1) is 11.4 Å². The van der Waals surface area contributed by atoms with Crippen LogP contribution in [-0.4, -0.2) is 50.0 Å². The molecule has 8 nitrogen and oxygen atoms in total. The number of terminal acetylenes is 1. The van der Waals surface area contributed by atoms with Gasteiger partial charge in [0.25, 0.3) is 5.91 Å². The molecular formula is C30H33N5O3. The maximum absolute atomic E-state index is 13.0. The number of fused-ring (bicyclic) bond motifs is 1. The fraction of sp³-hybridized carbons (Fsp3) is 0.267. The van der Waals surface area contributed by atoms with Gasteiger partial charge in [0.1, 0.15) is 23.1 Å². The van der Waals surface area contributed by atoms with Crippen LogP contribution < -0.4 is 4.90 Å². The number of aromatic nitrogens is 3. The Morgan fingerprint density at radius 1 is 1.03 bits per heavy atom. The van der Waals surface area contributed by atoms with Crippen molar-refractivity contribution in [2.75, 3.05) is 11.9 Å². The number of hydrogen-bond donors (Lipinski definition) is 0. The number of carbonyl (C=O) groups excluding carboxylic acids is 2. The molecule has 0 bridgehead atoms. The van der Waals surface area contributed by atoms with Gasteiger partial charge in [0, 0.05) is 31.0 Å². The minimum atomic E-state index is -0.844. The smallest absolute Gasteiger partial charge is 0.410 e. The van der Waals surface area contributed by atoms with E-state index in [4.69, 9.17) is 11.2 Å². The maximum atomic E-state index is 13.0. The van der Waals surface area contributed by atoms with E-state index in [1.54, 1.807) is 40.0 Å². The molecule has 38 heavy (non-hydrogen) atoms. The SMILES string of the molecule is C#CN(C(=O)C(C)N(C)C(=O)OC(C)(C)C)c1ccc(-c2c(C)nc3ccccn23)cn1.c1ccccc1. The van der Waals surface area contributed by atoms with E-state index in [1.807, 2.05) is 78.2 Å². The van der Waals surface area contributed by atoms with E-state index < -0.39 is 23.6 Å². The molecule has 1 unspecified atom stereocenters. The van der Waals surface area contributed by atoms with Crippen molar-refractivity contribution in [3.05, 3.63) is 84.8 Å². The van der Waals surface area contributed by atoms with Gasteiger partial charge < -0.3 is 4.74 Å². The Balaban J connectivity index is 0.000000585. The lowest BCUT2D eigenvalue weighted by molar-refractivity contribution is -0.122. The lowest BCUT2D eigenvalue weighted by Crippen LogP contribution is -2.48. The van der Waals surface area contributed by atoms with Gasteiger partial charge in [-0.25, -0.2) is 19.7 Å². The van der Waals surface area contributed by atoms with Gasteiger partial charge >= 0.3 is 6.09 Å². The van der Waals surface area contributed by atoms with Gasteiger partial charge in [-0.1, -0.05) is 48.9 Å². The highest BCUT2D eigenvalue weighted by molar-refractivity contribution is 6.00. The van der Waals surface area contributed by atoms with E-state index in [0.29, 0.717) is 0 Å². The first-order valence-electron chi connectivity index (χ1n) is 12.2. The fourth-order valence-electron chi connectivity index (χ4n) is 3.59. The molecule has 8 heteroatoms. The van der Waals surface area contributed by atoms with Crippen LogP contribution in [0.3, 0.4) is 0 Å². The zero-order valence-corrected chi connectivity index (χ0v) is 22.6. The highest BCUT2D eigenvalue weighted by Crippen LogP contribution is 2.26. The van der Waals surface area contributed by atoms with Gasteiger partial charge in [-0.15, -0.1) is 0 Å². The molecule has 0 N–H and O–H groups in total. The quantitative estimate of drug-likeness (QED) is 0.264. The average Bonchev–Trinajstić information content (AvgIpc) is 3.24. The summed E-state index contributed by atoms with van der Waals surface area (Å²) in [6.45, 7) is 8.80. The van der Waals surface area contributed by atoms with Crippen LogP contribution in [0, 0.1) is 19.4 Å². The number of rotatable bonds is 4. The maximum Gasteiger partial charge on any atom is 0.410 e. The molecule has 0 saturated heterocycles. The number of hydrogen-bond acceptors (Lipinski definition) is 5. The lowest BCUT2D eigenvalue weighted by atomic mass is 10.1. The molecule has 1 atom stereocenters. The van der Waals surface area contributed by atoms with Crippen LogP contribution in [0.2, 0.25) is 0 Å². The zero-order valence-electron chi connectivity index (χ0n) is 22.6. The molecule has 0 aliphatic carbocycles. The standard InChI is InChI=1S/C24H27N5O3.C6H6/c1-8-28(22(30)17(3)27(7)23(31)32-24(4,5)6)19-13-12-18(15-25-19)21-16(2)26-20-11-9-10-14-29(20)21;1-2-4-6-5-3-1/h1,9-15,17H,2-7H3;1-6H. The van der Waals surface area contributed by atoms with Crippen molar-refractivity contribution < 1.29 is 14.3 Å². The average molecular weight is 512 g/mol. The van der Waals surface area contributed by atoms with Crippen LogP contribution >= 0.6 is 0 Å². The largest absolute Gasteiger partial charge is 0.444 e. The van der Waals surface area contributed by atoms with E-state index in [1.165, 1.54) is 11.9 Å². The first-order chi connectivity index (χ1) is 18.0. The minimum Gasteiger partial charge on any atom is -0.444 e. The molecule has 0 aliphatic heterocycles. The fourth-order valence-corrected chi connectivity index (χ4v) is 3.59. The van der Waals surface area contributed by atoms with E-state index in [-0.39, 0.29) is 5.82 Å². The summed E-state index contributed by atoms with van der Waals surface area (Å²) in [5.41, 5.74) is 2.78. The van der Waals surface area contributed by atoms with Gasteiger partial charge in [0.15, 0.2) is 0 Å². The number of nitrogens with zero attached hydrogens (tertiary/aromatic N) is 5. The Morgan fingerprint density at radius 3 is 2.18 bits per heavy atom. The number of imidazole rings is 1. The third-order valence-corrected chi connectivity index (χ3v) is 5.59. The molecule has 0 spiro atoms. The molecule has 196 valence electrons. The van der Waals surface area contributed by atoms with Crippen molar-refractivity contribution >= 4 is 23.5 Å². The second-order valence-electron chi connectivity index (χ2n) is 9.60. The van der Waals surface area contributed by atoms with Crippen LogP contribution in [-0.2, 0) is 9.53 Å². The van der Waals surface area contributed by atoms with Crippen molar-refractivity contribution in [1.82, 2.24) is 19.3 Å². The summed E-state index contributed by atoms with van der Waals surface area (Å²) in [4.78, 5) is 36.6. The Hall–Kier alpha value is -4.64. The number of carbonyl (C=O) groups is 2.